The van der Waals surface area contributed by atoms with Gasteiger partial charge in [-0.3, -0.25) is 0 Å². The summed E-state index contributed by atoms with van der Waals surface area (Å²) in [5, 5.41) is 3.36. The molecule has 2 nitrogen and oxygen atoms in total. The van der Waals surface area contributed by atoms with Gasteiger partial charge in [0.1, 0.15) is 0 Å². The number of nitrogens with one attached hydrogen (secondary N) is 1. The van der Waals surface area contributed by atoms with E-state index in [0.717, 1.165) is 12.5 Å². The van der Waals surface area contributed by atoms with Crippen molar-refractivity contribution < 1.29 is 0 Å². The molecule has 1 fully saturated rings. The number of hydrogen-bond donors (Lipinski definition) is 1. The van der Waals surface area contributed by atoms with Crippen molar-refractivity contribution in [2.45, 2.75) is 38.1 Å². The SMILES string of the molecule is CNCC1Cc2ccccc2N1CC1CCCC1. The lowest BCUT2D eigenvalue weighted by Crippen LogP contribution is -2.41. The van der Waals surface area contributed by atoms with Crippen LogP contribution in [0.2, 0.25) is 0 Å². The number of benzene rings is 1. The van der Waals surface area contributed by atoms with Gasteiger partial charge in [-0.05, 0) is 43.9 Å². The van der Waals surface area contributed by atoms with E-state index in [1.54, 1.807) is 0 Å². The predicted molar refractivity (Wildman–Crippen MR) is 77.2 cm³/mol. The van der Waals surface area contributed by atoms with Crippen LogP contribution in [0, 0.1) is 5.92 Å². The van der Waals surface area contributed by atoms with Crippen LogP contribution in [0.5, 0.6) is 0 Å². The number of fused-ring (bicyclic) bond motifs is 1. The van der Waals surface area contributed by atoms with Crippen molar-refractivity contribution in [2.24, 2.45) is 5.92 Å². The normalized spacial score (nSPS) is 23.6. The molecule has 1 aromatic rings. The molecule has 2 heteroatoms. The van der Waals surface area contributed by atoms with E-state index in [2.05, 4.69) is 41.5 Å². The Balaban J connectivity index is 1.78. The summed E-state index contributed by atoms with van der Waals surface area (Å²) < 4.78 is 0. The highest BCUT2D eigenvalue weighted by Gasteiger charge is 2.30. The molecular weight excluding hydrogens is 220 g/mol. The van der Waals surface area contributed by atoms with Gasteiger partial charge in [-0.2, -0.15) is 0 Å². The molecule has 2 aliphatic rings. The van der Waals surface area contributed by atoms with Crippen LogP contribution in [0.15, 0.2) is 24.3 Å². The van der Waals surface area contributed by atoms with Crippen LogP contribution >= 0.6 is 0 Å². The van der Waals surface area contributed by atoms with E-state index >= 15 is 0 Å². The van der Waals surface area contributed by atoms with Crippen molar-refractivity contribution >= 4 is 5.69 Å². The fraction of sp³-hybridized carbons (Fsp3) is 0.625. The van der Waals surface area contributed by atoms with Crippen LogP contribution in [0.25, 0.3) is 0 Å². The summed E-state index contributed by atoms with van der Waals surface area (Å²) in [6.45, 7) is 2.37. The van der Waals surface area contributed by atoms with Crippen molar-refractivity contribution in [3.8, 4) is 0 Å². The predicted octanol–water partition coefficient (Wildman–Crippen LogP) is 2.83. The smallest absolute Gasteiger partial charge is 0.0455 e. The van der Waals surface area contributed by atoms with Crippen molar-refractivity contribution in [1.29, 1.82) is 0 Å². The minimum absolute atomic E-state index is 0.660. The second-order valence-electron chi connectivity index (χ2n) is 5.85. The third kappa shape index (κ3) is 2.26. The minimum Gasteiger partial charge on any atom is -0.366 e. The maximum Gasteiger partial charge on any atom is 0.0455 e. The first-order valence-corrected chi connectivity index (χ1v) is 7.37. The van der Waals surface area contributed by atoms with Crippen LogP contribution in [0.3, 0.4) is 0 Å². The van der Waals surface area contributed by atoms with Crippen LogP contribution in [-0.4, -0.2) is 26.2 Å². The van der Waals surface area contributed by atoms with Gasteiger partial charge >= 0.3 is 0 Å². The Morgan fingerprint density at radius 3 is 2.78 bits per heavy atom. The average molecular weight is 244 g/mol. The molecule has 3 rings (SSSR count). The monoisotopic (exact) mass is 244 g/mol. The quantitative estimate of drug-likeness (QED) is 0.876. The molecule has 0 radical (unpaired) electrons. The van der Waals surface area contributed by atoms with E-state index in [1.807, 2.05) is 0 Å². The number of hydrogen-bond acceptors (Lipinski definition) is 2. The second-order valence-corrected chi connectivity index (χ2v) is 5.85. The zero-order valence-electron chi connectivity index (χ0n) is 11.4. The van der Waals surface area contributed by atoms with E-state index in [1.165, 1.54) is 49.9 Å². The largest absolute Gasteiger partial charge is 0.366 e. The Labute approximate surface area is 110 Å². The summed E-state index contributed by atoms with van der Waals surface area (Å²) in [6.07, 6.45) is 6.97. The van der Waals surface area contributed by atoms with Crippen LogP contribution < -0.4 is 10.2 Å². The summed E-state index contributed by atoms with van der Waals surface area (Å²) in [6, 6.07) is 9.62. The lowest BCUT2D eigenvalue weighted by atomic mass is 10.1. The van der Waals surface area contributed by atoms with Gasteiger partial charge in [0.15, 0.2) is 0 Å². The highest BCUT2D eigenvalue weighted by atomic mass is 15.2. The number of rotatable bonds is 4. The molecule has 1 saturated carbocycles. The average Bonchev–Trinajstić information content (AvgIpc) is 3.00. The summed E-state index contributed by atoms with van der Waals surface area (Å²) in [5.41, 5.74) is 3.03. The molecule has 1 aliphatic carbocycles. The first kappa shape index (κ1) is 12.0. The molecule has 0 bridgehead atoms. The molecular formula is C16H24N2. The highest BCUT2D eigenvalue weighted by molar-refractivity contribution is 5.59. The maximum absolute atomic E-state index is 3.36. The van der Waals surface area contributed by atoms with Gasteiger partial charge in [0.05, 0.1) is 0 Å². The zero-order chi connectivity index (χ0) is 12.4. The Morgan fingerprint density at radius 2 is 2.00 bits per heavy atom. The fourth-order valence-corrected chi connectivity index (χ4v) is 3.66. The molecule has 18 heavy (non-hydrogen) atoms. The molecule has 1 N–H and O–H groups in total. The molecule has 1 atom stereocenters. The van der Waals surface area contributed by atoms with E-state index < -0.39 is 0 Å². The van der Waals surface area contributed by atoms with Crippen molar-refractivity contribution in [3.05, 3.63) is 29.8 Å². The van der Waals surface area contributed by atoms with Gasteiger partial charge in [-0.25, -0.2) is 0 Å². The number of para-hydroxylation sites is 1. The van der Waals surface area contributed by atoms with Crippen molar-refractivity contribution in [3.63, 3.8) is 0 Å². The number of anilines is 1. The molecule has 1 unspecified atom stereocenters. The topological polar surface area (TPSA) is 15.3 Å². The minimum atomic E-state index is 0.660. The summed E-state index contributed by atoms with van der Waals surface area (Å²) in [7, 11) is 2.07. The summed E-state index contributed by atoms with van der Waals surface area (Å²) in [4.78, 5) is 2.67. The summed E-state index contributed by atoms with van der Waals surface area (Å²) in [5.74, 6) is 0.926. The molecule has 1 aromatic carbocycles. The molecule has 98 valence electrons. The first-order chi connectivity index (χ1) is 8.88. The highest BCUT2D eigenvalue weighted by Crippen LogP contribution is 2.35. The molecule has 0 aromatic heterocycles. The third-order valence-electron chi connectivity index (χ3n) is 4.57. The lowest BCUT2D eigenvalue weighted by Gasteiger charge is -2.30. The van der Waals surface area contributed by atoms with E-state index in [4.69, 9.17) is 0 Å². The van der Waals surface area contributed by atoms with E-state index in [-0.39, 0.29) is 0 Å². The Hall–Kier alpha value is -1.02. The van der Waals surface area contributed by atoms with E-state index in [0.29, 0.717) is 6.04 Å². The third-order valence-corrected chi connectivity index (χ3v) is 4.57. The summed E-state index contributed by atoms with van der Waals surface area (Å²) >= 11 is 0. The first-order valence-electron chi connectivity index (χ1n) is 7.37. The van der Waals surface area contributed by atoms with Gasteiger partial charge in [0.25, 0.3) is 0 Å². The maximum atomic E-state index is 3.36. The van der Waals surface area contributed by atoms with Gasteiger partial charge < -0.3 is 10.2 Å². The van der Waals surface area contributed by atoms with Crippen LogP contribution in [-0.2, 0) is 6.42 Å². The standard InChI is InChI=1S/C16H24N2/c1-17-11-15-10-14-8-4-5-9-16(14)18(15)12-13-6-2-3-7-13/h4-5,8-9,13,15,17H,2-3,6-7,10-12H2,1H3. The molecule has 0 saturated heterocycles. The fourth-order valence-electron chi connectivity index (χ4n) is 3.66. The molecule has 0 spiro atoms. The van der Waals surface area contributed by atoms with Gasteiger partial charge in [0.2, 0.25) is 0 Å². The van der Waals surface area contributed by atoms with Gasteiger partial charge in [0, 0.05) is 24.8 Å². The second kappa shape index (κ2) is 5.31. The zero-order valence-corrected chi connectivity index (χ0v) is 11.4. The molecule has 1 aliphatic heterocycles. The van der Waals surface area contributed by atoms with Crippen molar-refractivity contribution in [2.75, 3.05) is 25.0 Å². The van der Waals surface area contributed by atoms with Crippen LogP contribution in [0.4, 0.5) is 5.69 Å². The number of nitrogens with zero attached hydrogens (tertiary/aromatic N) is 1. The van der Waals surface area contributed by atoms with E-state index in [9.17, 15) is 0 Å². The number of likely N-dealkylation sites (N-methyl/N-ethyl adjacent to an activating group) is 1. The Bertz CT molecular complexity index is 396. The molecule has 1 heterocycles. The Kier molecular flexibility index (Phi) is 3.55. The van der Waals surface area contributed by atoms with Crippen molar-refractivity contribution in [1.82, 2.24) is 5.32 Å². The van der Waals surface area contributed by atoms with Gasteiger partial charge in [-0.15, -0.1) is 0 Å². The van der Waals surface area contributed by atoms with Crippen LogP contribution in [0.1, 0.15) is 31.2 Å². The lowest BCUT2D eigenvalue weighted by molar-refractivity contribution is 0.489. The Morgan fingerprint density at radius 1 is 1.22 bits per heavy atom. The molecule has 0 amide bonds. The van der Waals surface area contributed by atoms with Gasteiger partial charge in [-0.1, -0.05) is 31.0 Å².